The molecule has 1 aliphatic heterocycles. The number of methoxy groups -OCH3 is 1. The van der Waals surface area contributed by atoms with Crippen LogP contribution in [0.4, 0.5) is 5.69 Å². The van der Waals surface area contributed by atoms with Crippen molar-refractivity contribution in [1.29, 1.82) is 0 Å². The maximum Gasteiger partial charge on any atom is 0.265 e. The van der Waals surface area contributed by atoms with E-state index in [2.05, 4.69) is 17.1 Å². The standard InChI is InChI=1S/C17H23N3O2S/c1-3-20-8-4-5-12(20)10-19-17(21)16-15(22-2)13-9-11(18)6-7-14(13)23-16/h6-7,9,12H,3-5,8,10,18H2,1-2H3,(H,19,21). The number of nitrogens with two attached hydrogens (primary N) is 1. The number of ether oxygens (including phenoxy) is 1. The number of rotatable bonds is 5. The Labute approximate surface area is 140 Å². The molecule has 1 aliphatic rings. The first-order chi connectivity index (χ1) is 11.1. The van der Waals surface area contributed by atoms with Crippen LogP contribution < -0.4 is 15.8 Å². The molecule has 6 heteroatoms. The van der Waals surface area contributed by atoms with Gasteiger partial charge in [-0.3, -0.25) is 9.69 Å². The summed E-state index contributed by atoms with van der Waals surface area (Å²) in [4.78, 5) is 15.6. The van der Waals surface area contributed by atoms with E-state index in [-0.39, 0.29) is 5.91 Å². The second-order valence-corrected chi connectivity index (χ2v) is 6.91. The van der Waals surface area contributed by atoms with Gasteiger partial charge in [-0.2, -0.15) is 0 Å². The third kappa shape index (κ3) is 3.14. The van der Waals surface area contributed by atoms with Crippen molar-refractivity contribution in [3.8, 4) is 5.75 Å². The minimum atomic E-state index is -0.0652. The molecule has 0 spiro atoms. The van der Waals surface area contributed by atoms with Gasteiger partial charge in [-0.25, -0.2) is 0 Å². The van der Waals surface area contributed by atoms with Gasteiger partial charge in [0.15, 0.2) is 0 Å². The number of likely N-dealkylation sites (N-methyl/N-ethyl adjacent to an activating group) is 1. The maximum absolute atomic E-state index is 12.6. The lowest BCUT2D eigenvalue weighted by Crippen LogP contribution is -2.39. The highest BCUT2D eigenvalue weighted by Gasteiger charge is 2.25. The maximum atomic E-state index is 12.6. The molecule has 2 heterocycles. The van der Waals surface area contributed by atoms with Crippen LogP contribution in [0.5, 0.6) is 5.75 Å². The van der Waals surface area contributed by atoms with Crippen LogP contribution in [0.15, 0.2) is 18.2 Å². The largest absolute Gasteiger partial charge is 0.494 e. The molecule has 1 fully saturated rings. The summed E-state index contributed by atoms with van der Waals surface area (Å²) in [5.74, 6) is 0.554. The number of thiophene rings is 1. The number of carbonyl (C=O) groups is 1. The third-order valence-corrected chi connectivity index (χ3v) is 5.63. The molecule has 1 saturated heterocycles. The first-order valence-electron chi connectivity index (χ1n) is 8.02. The predicted molar refractivity (Wildman–Crippen MR) is 95.4 cm³/mol. The molecule has 0 radical (unpaired) electrons. The van der Waals surface area contributed by atoms with E-state index in [0.29, 0.717) is 28.9 Å². The summed E-state index contributed by atoms with van der Waals surface area (Å²) in [6.45, 7) is 5.01. The summed E-state index contributed by atoms with van der Waals surface area (Å²) in [6, 6.07) is 6.08. The molecule has 1 amide bonds. The quantitative estimate of drug-likeness (QED) is 0.826. The average molecular weight is 333 g/mol. The highest BCUT2D eigenvalue weighted by molar-refractivity contribution is 7.21. The van der Waals surface area contributed by atoms with E-state index in [1.54, 1.807) is 7.11 Å². The van der Waals surface area contributed by atoms with E-state index in [1.165, 1.54) is 17.8 Å². The third-order valence-electron chi connectivity index (χ3n) is 4.48. The number of carbonyl (C=O) groups excluding carboxylic acids is 1. The van der Waals surface area contributed by atoms with Crippen molar-refractivity contribution in [3.05, 3.63) is 23.1 Å². The predicted octanol–water partition coefficient (Wildman–Crippen LogP) is 2.71. The Morgan fingerprint density at radius 3 is 3.09 bits per heavy atom. The molecule has 1 atom stereocenters. The van der Waals surface area contributed by atoms with Gasteiger partial charge in [0.25, 0.3) is 5.91 Å². The van der Waals surface area contributed by atoms with E-state index >= 15 is 0 Å². The van der Waals surface area contributed by atoms with Crippen LogP contribution in [0.1, 0.15) is 29.4 Å². The van der Waals surface area contributed by atoms with Crippen LogP contribution in [0.2, 0.25) is 0 Å². The molecule has 0 saturated carbocycles. The van der Waals surface area contributed by atoms with Gasteiger partial charge in [-0.05, 0) is 44.1 Å². The van der Waals surface area contributed by atoms with E-state index in [1.807, 2.05) is 18.2 Å². The first kappa shape index (κ1) is 16.1. The zero-order chi connectivity index (χ0) is 16.4. The van der Waals surface area contributed by atoms with Crippen LogP contribution in [0, 0.1) is 0 Å². The summed E-state index contributed by atoms with van der Waals surface area (Å²) in [7, 11) is 1.59. The number of nitrogen functional groups attached to an aromatic ring is 1. The molecule has 3 N–H and O–H groups in total. The van der Waals surface area contributed by atoms with Crippen LogP contribution in [0.25, 0.3) is 10.1 Å². The van der Waals surface area contributed by atoms with Gasteiger partial charge in [-0.15, -0.1) is 11.3 Å². The Hall–Kier alpha value is -1.79. The van der Waals surface area contributed by atoms with E-state index < -0.39 is 0 Å². The molecule has 124 valence electrons. The number of nitrogens with one attached hydrogen (secondary N) is 1. The summed E-state index contributed by atoms with van der Waals surface area (Å²) >= 11 is 1.45. The molecule has 5 nitrogen and oxygen atoms in total. The lowest BCUT2D eigenvalue weighted by molar-refractivity contribution is 0.0943. The van der Waals surface area contributed by atoms with Crippen LogP contribution in [-0.2, 0) is 0 Å². The number of fused-ring (bicyclic) bond motifs is 1. The summed E-state index contributed by atoms with van der Waals surface area (Å²) in [5.41, 5.74) is 6.52. The van der Waals surface area contributed by atoms with Crippen molar-refractivity contribution in [1.82, 2.24) is 10.2 Å². The molecule has 3 rings (SSSR count). The zero-order valence-corrected chi connectivity index (χ0v) is 14.4. The van der Waals surface area contributed by atoms with Crippen molar-refractivity contribution in [2.45, 2.75) is 25.8 Å². The molecule has 1 aromatic heterocycles. The second-order valence-electron chi connectivity index (χ2n) is 5.85. The highest BCUT2D eigenvalue weighted by Crippen LogP contribution is 2.38. The summed E-state index contributed by atoms with van der Waals surface area (Å²) < 4.78 is 6.48. The number of anilines is 1. The van der Waals surface area contributed by atoms with E-state index in [0.717, 1.165) is 29.6 Å². The Kier molecular flexibility index (Phi) is 4.73. The average Bonchev–Trinajstić information content (AvgIpc) is 3.15. The lowest BCUT2D eigenvalue weighted by atomic mass is 10.2. The van der Waals surface area contributed by atoms with Gasteiger partial charge in [-0.1, -0.05) is 6.92 Å². The SMILES string of the molecule is CCN1CCCC1CNC(=O)c1sc2ccc(N)cc2c1OC. The Morgan fingerprint density at radius 2 is 2.35 bits per heavy atom. The van der Waals surface area contributed by atoms with Gasteiger partial charge in [0.1, 0.15) is 10.6 Å². The number of likely N-dealkylation sites (tertiary alicyclic amines) is 1. The van der Waals surface area contributed by atoms with Crippen molar-refractivity contribution in [2.75, 3.05) is 32.5 Å². The van der Waals surface area contributed by atoms with Gasteiger partial charge in [0.2, 0.25) is 0 Å². The fourth-order valence-electron chi connectivity index (χ4n) is 3.28. The molecule has 1 aromatic carbocycles. The summed E-state index contributed by atoms with van der Waals surface area (Å²) in [5, 5.41) is 3.98. The molecule has 2 aromatic rings. The lowest BCUT2D eigenvalue weighted by Gasteiger charge is -2.22. The van der Waals surface area contributed by atoms with Gasteiger partial charge >= 0.3 is 0 Å². The Morgan fingerprint density at radius 1 is 1.52 bits per heavy atom. The number of benzene rings is 1. The van der Waals surface area contributed by atoms with E-state index in [4.69, 9.17) is 10.5 Å². The highest BCUT2D eigenvalue weighted by atomic mass is 32.1. The van der Waals surface area contributed by atoms with Gasteiger partial charge in [0, 0.05) is 28.4 Å². The number of nitrogens with zero attached hydrogens (tertiary/aromatic N) is 1. The van der Waals surface area contributed by atoms with Gasteiger partial charge in [0.05, 0.1) is 7.11 Å². The number of amides is 1. The topological polar surface area (TPSA) is 67.6 Å². The minimum Gasteiger partial charge on any atom is -0.494 e. The first-order valence-corrected chi connectivity index (χ1v) is 8.84. The van der Waals surface area contributed by atoms with Gasteiger partial charge < -0.3 is 15.8 Å². The number of hydrogen-bond acceptors (Lipinski definition) is 5. The molecule has 23 heavy (non-hydrogen) atoms. The Bertz CT molecular complexity index is 713. The normalized spacial score (nSPS) is 18.4. The zero-order valence-electron chi connectivity index (χ0n) is 13.6. The minimum absolute atomic E-state index is 0.0652. The molecular formula is C17H23N3O2S. The second kappa shape index (κ2) is 6.76. The van der Waals surface area contributed by atoms with E-state index in [9.17, 15) is 4.79 Å². The van der Waals surface area contributed by atoms with Crippen molar-refractivity contribution in [3.63, 3.8) is 0 Å². The Balaban J connectivity index is 1.78. The van der Waals surface area contributed by atoms with Crippen LogP contribution in [0.3, 0.4) is 0 Å². The molecule has 0 bridgehead atoms. The molecule has 0 aliphatic carbocycles. The van der Waals surface area contributed by atoms with Crippen molar-refractivity contribution in [2.24, 2.45) is 0 Å². The van der Waals surface area contributed by atoms with Crippen LogP contribution >= 0.6 is 11.3 Å². The number of hydrogen-bond donors (Lipinski definition) is 2. The smallest absolute Gasteiger partial charge is 0.265 e. The fourth-order valence-corrected chi connectivity index (χ4v) is 4.35. The van der Waals surface area contributed by atoms with Crippen molar-refractivity contribution < 1.29 is 9.53 Å². The molecular weight excluding hydrogens is 310 g/mol. The monoisotopic (exact) mass is 333 g/mol. The van der Waals surface area contributed by atoms with Crippen molar-refractivity contribution >= 4 is 33.0 Å². The summed E-state index contributed by atoms with van der Waals surface area (Å²) in [6.07, 6.45) is 2.36. The fraction of sp³-hybridized carbons (Fsp3) is 0.471. The molecule has 1 unspecified atom stereocenters. The van der Waals surface area contributed by atoms with Crippen LogP contribution in [-0.4, -0.2) is 43.6 Å².